The van der Waals surface area contributed by atoms with Crippen LogP contribution in [0.25, 0.3) is 10.4 Å². The average molecular weight is 357 g/mol. The average Bonchev–Trinajstić information content (AvgIpc) is 2.62. The highest BCUT2D eigenvalue weighted by Crippen LogP contribution is 2.48. The second-order valence-electron chi connectivity index (χ2n) is 7.47. The highest BCUT2D eigenvalue weighted by atomic mass is 16.5. The first-order chi connectivity index (χ1) is 12.6. The molecule has 2 aliphatic rings. The van der Waals surface area contributed by atoms with Crippen LogP contribution in [0.2, 0.25) is 0 Å². The van der Waals surface area contributed by atoms with Crippen LogP contribution in [0.3, 0.4) is 0 Å². The number of methoxy groups -OCH3 is 1. The molecule has 1 saturated carbocycles. The van der Waals surface area contributed by atoms with E-state index in [9.17, 15) is 5.11 Å². The van der Waals surface area contributed by atoms with Gasteiger partial charge >= 0.3 is 0 Å². The first-order valence-corrected chi connectivity index (χ1v) is 9.23. The van der Waals surface area contributed by atoms with E-state index < -0.39 is 11.6 Å². The first kappa shape index (κ1) is 18.9. The maximum atomic E-state index is 11.4. The molecule has 1 aromatic rings. The van der Waals surface area contributed by atoms with Gasteiger partial charge in [0.25, 0.3) is 0 Å². The van der Waals surface area contributed by atoms with Crippen LogP contribution < -0.4 is 0 Å². The summed E-state index contributed by atoms with van der Waals surface area (Å²) < 4.78 is 11.3. The van der Waals surface area contributed by atoms with E-state index in [1.807, 2.05) is 36.4 Å². The molecular formula is C20H27N3O3. The van der Waals surface area contributed by atoms with Gasteiger partial charge in [0, 0.05) is 18.4 Å². The number of rotatable bonds is 8. The van der Waals surface area contributed by atoms with Crippen molar-refractivity contribution in [3.8, 4) is 0 Å². The zero-order chi connectivity index (χ0) is 18.5. The summed E-state index contributed by atoms with van der Waals surface area (Å²) in [7, 11) is 1.66. The Kier molecular flexibility index (Phi) is 5.99. The van der Waals surface area contributed by atoms with Gasteiger partial charge in [0.2, 0.25) is 0 Å². The topological polar surface area (TPSA) is 87.5 Å². The summed E-state index contributed by atoms with van der Waals surface area (Å²) in [6.45, 7) is 1.07. The van der Waals surface area contributed by atoms with Crippen LogP contribution in [0.5, 0.6) is 0 Å². The number of hydrogen-bond acceptors (Lipinski definition) is 4. The van der Waals surface area contributed by atoms with Gasteiger partial charge in [-0.25, -0.2) is 0 Å². The molecule has 140 valence electrons. The summed E-state index contributed by atoms with van der Waals surface area (Å²) in [6, 6.07) is 9.23. The lowest BCUT2D eigenvalue weighted by atomic mass is 9.67. The Labute approximate surface area is 154 Å². The van der Waals surface area contributed by atoms with E-state index in [1.54, 1.807) is 7.11 Å². The van der Waals surface area contributed by atoms with Gasteiger partial charge in [0.1, 0.15) is 0 Å². The van der Waals surface area contributed by atoms with Gasteiger partial charge in [0.05, 0.1) is 30.5 Å². The van der Waals surface area contributed by atoms with Gasteiger partial charge in [-0.3, -0.25) is 0 Å². The number of hydrogen-bond donors (Lipinski definition) is 1. The van der Waals surface area contributed by atoms with Gasteiger partial charge in [-0.05, 0) is 43.2 Å². The van der Waals surface area contributed by atoms with E-state index in [4.69, 9.17) is 15.0 Å². The standard InChI is InChI=1S/C20H27N3O3/c1-25-10-11-26-20-9-5-6-16(13-20)12-19(24,15-20)14-18(22-23-21)17-7-3-2-4-8-17/h2-4,7-8,12,18,24H,5-6,9-11,13-15H2,1H3/t18?,19-,20-/m1/s1. The van der Waals surface area contributed by atoms with E-state index in [0.717, 1.165) is 31.2 Å². The number of nitrogens with zero attached hydrogens (tertiary/aromatic N) is 3. The summed E-state index contributed by atoms with van der Waals surface area (Å²) in [5, 5.41) is 15.3. The van der Waals surface area contributed by atoms with Crippen LogP contribution in [0, 0.1) is 0 Å². The van der Waals surface area contributed by atoms with Crippen molar-refractivity contribution in [1.29, 1.82) is 0 Å². The van der Waals surface area contributed by atoms with Gasteiger partial charge in [0.15, 0.2) is 0 Å². The lowest BCUT2D eigenvalue weighted by Gasteiger charge is -2.47. The van der Waals surface area contributed by atoms with E-state index in [2.05, 4.69) is 10.0 Å². The normalized spacial score (nSPS) is 28.8. The summed E-state index contributed by atoms with van der Waals surface area (Å²) in [6.07, 6.45) is 6.76. The van der Waals surface area contributed by atoms with Crippen LogP contribution in [-0.2, 0) is 9.47 Å². The van der Waals surface area contributed by atoms with Crippen molar-refractivity contribution in [2.45, 2.75) is 55.8 Å². The smallest absolute Gasteiger partial charge is 0.0865 e. The monoisotopic (exact) mass is 357 g/mol. The SMILES string of the molecule is COCCO[C@@]12CCCC(=C[C@@](O)(CC(N=[N+]=[N-])c3ccccc3)C1)C2. The fraction of sp³-hybridized carbons (Fsp3) is 0.600. The molecule has 1 N–H and O–H groups in total. The molecule has 0 spiro atoms. The fourth-order valence-electron chi connectivity index (χ4n) is 4.44. The minimum absolute atomic E-state index is 0.340. The molecule has 0 aromatic heterocycles. The molecule has 3 atom stereocenters. The molecule has 0 amide bonds. The molecule has 0 aliphatic heterocycles. The van der Waals surface area contributed by atoms with Crippen LogP contribution >= 0.6 is 0 Å². The zero-order valence-electron chi connectivity index (χ0n) is 15.3. The third-order valence-corrected chi connectivity index (χ3v) is 5.40. The maximum Gasteiger partial charge on any atom is 0.0865 e. The van der Waals surface area contributed by atoms with Crippen molar-refractivity contribution in [2.24, 2.45) is 5.11 Å². The first-order valence-electron chi connectivity index (χ1n) is 9.23. The highest BCUT2D eigenvalue weighted by molar-refractivity contribution is 5.26. The van der Waals surface area contributed by atoms with Gasteiger partial charge in [-0.15, -0.1) is 0 Å². The number of benzene rings is 1. The number of aliphatic hydroxyl groups is 1. The number of fused-ring (bicyclic) bond motifs is 2. The van der Waals surface area contributed by atoms with E-state index in [1.165, 1.54) is 5.57 Å². The predicted molar refractivity (Wildman–Crippen MR) is 99.6 cm³/mol. The van der Waals surface area contributed by atoms with Crippen molar-refractivity contribution < 1.29 is 14.6 Å². The number of azide groups is 1. The van der Waals surface area contributed by atoms with E-state index >= 15 is 0 Å². The molecule has 6 nitrogen and oxygen atoms in total. The Balaban J connectivity index is 1.82. The Bertz CT molecular complexity index is 687. The predicted octanol–water partition coefficient (Wildman–Crippen LogP) is 4.47. The minimum Gasteiger partial charge on any atom is -0.386 e. The Hall–Kier alpha value is -1.85. The largest absolute Gasteiger partial charge is 0.386 e. The molecule has 2 aliphatic carbocycles. The lowest BCUT2D eigenvalue weighted by Crippen LogP contribution is -2.48. The Morgan fingerprint density at radius 1 is 1.31 bits per heavy atom. The molecule has 3 rings (SSSR count). The summed E-state index contributed by atoms with van der Waals surface area (Å²) in [4.78, 5) is 3.00. The maximum absolute atomic E-state index is 11.4. The minimum atomic E-state index is -1.03. The van der Waals surface area contributed by atoms with Crippen LogP contribution in [0.1, 0.15) is 50.1 Å². The Morgan fingerprint density at radius 3 is 2.85 bits per heavy atom. The molecule has 0 saturated heterocycles. The van der Waals surface area contributed by atoms with Crippen molar-refractivity contribution in [3.05, 3.63) is 58.0 Å². The molecule has 26 heavy (non-hydrogen) atoms. The van der Waals surface area contributed by atoms with E-state index in [0.29, 0.717) is 26.1 Å². The van der Waals surface area contributed by atoms with Gasteiger partial charge in [-0.1, -0.05) is 47.1 Å². The second-order valence-corrected chi connectivity index (χ2v) is 7.47. The van der Waals surface area contributed by atoms with Crippen molar-refractivity contribution in [2.75, 3.05) is 20.3 Å². The van der Waals surface area contributed by atoms with Crippen molar-refractivity contribution in [3.63, 3.8) is 0 Å². The molecule has 6 heteroatoms. The van der Waals surface area contributed by atoms with Crippen LogP contribution in [-0.4, -0.2) is 36.6 Å². The molecule has 2 bridgehead atoms. The third kappa shape index (κ3) is 4.46. The third-order valence-electron chi connectivity index (χ3n) is 5.40. The summed E-state index contributed by atoms with van der Waals surface area (Å²) in [5.41, 5.74) is 9.78. The highest BCUT2D eigenvalue weighted by Gasteiger charge is 2.46. The quantitative estimate of drug-likeness (QED) is 0.245. The molecule has 1 fully saturated rings. The summed E-state index contributed by atoms with van der Waals surface area (Å²) >= 11 is 0. The Morgan fingerprint density at radius 2 is 2.12 bits per heavy atom. The van der Waals surface area contributed by atoms with Gasteiger partial charge in [-0.2, -0.15) is 0 Å². The fourth-order valence-corrected chi connectivity index (χ4v) is 4.44. The molecular weight excluding hydrogens is 330 g/mol. The van der Waals surface area contributed by atoms with Crippen molar-refractivity contribution >= 4 is 0 Å². The van der Waals surface area contributed by atoms with Gasteiger partial charge < -0.3 is 14.6 Å². The lowest BCUT2D eigenvalue weighted by molar-refractivity contribution is -0.122. The molecule has 0 radical (unpaired) electrons. The number of ether oxygens (including phenoxy) is 2. The molecule has 1 unspecified atom stereocenters. The summed E-state index contributed by atoms with van der Waals surface area (Å²) in [5.74, 6) is 0. The zero-order valence-corrected chi connectivity index (χ0v) is 15.3. The van der Waals surface area contributed by atoms with Crippen molar-refractivity contribution in [1.82, 2.24) is 0 Å². The van der Waals surface area contributed by atoms with Crippen LogP contribution in [0.15, 0.2) is 47.1 Å². The van der Waals surface area contributed by atoms with E-state index in [-0.39, 0.29) is 5.60 Å². The van der Waals surface area contributed by atoms with Crippen LogP contribution in [0.4, 0.5) is 0 Å². The second kappa shape index (κ2) is 8.23. The molecule has 1 aromatic carbocycles. The molecule has 0 heterocycles.